The van der Waals surface area contributed by atoms with Crippen molar-refractivity contribution in [3.8, 4) is 0 Å². The third-order valence-corrected chi connectivity index (χ3v) is 1.42. The van der Waals surface area contributed by atoms with Gasteiger partial charge in [0.2, 0.25) is 5.91 Å². The van der Waals surface area contributed by atoms with Crippen LogP contribution >= 0.6 is 0 Å². The van der Waals surface area contributed by atoms with E-state index in [1.165, 1.54) is 6.92 Å². The first-order valence-corrected chi connectivity index (χ1v) is 3.76. The van der Waals surface area contributed by atoms with Gasteiger partial charge in [-0.2, -0.15) is 0 Å². The zero-order chi connectivity index (χ0) is 9.02. The van der Waals surface area contributed by atoms with Gasteiger partial charge in [0.15, 0.2) is 5.78 Å². The highest BCUT2D eigenvalue weighted by molar-refractivity contribution is 5.89. The van der Waals surface area contributed by atoms with Crippen LogP contribution in [0.2, 0.25) is 0 Å². The molecule has 3 nitrogen and oxygen atoms in total. The predicted molar refractivity (Wildman–Crippen MR) is 43.1 cm³/mol. The molecule has 0 heterocycles. The molecule has 0 unspecified atom stereocenters. The Hall–Kier alpha value is -0.860. The molecule has 0 aromatic carbocycles. The number of ketones is 1. The number of carbonyl (C=O) groups excluding carboxylic acids is 2. The molecule has 0 aromatic heterocycles. The lowest BCUT2D eigenvalue weighted by atomic mass is 10.0. The van der Waals surface area contributed by atoms with E-state index >= 15 is 0 Å². The summed E-state index contributed by atoms with van der Waals surface area (Å²) in [6.07, 6.45) is 0. The molecule has 0 saturated heterocycles. The Morgan fingerprint density at radius 3 is 1.91 bits per heavy atom. The first-order chi connectivity index (χ1) is 4.95. The number of Topliss-reactive ketones (excluding diaryl/α,β-unsaturated/α-hetero) is 1. The SMILES string of the molecule is CC(=O)N[C@H](C)C(=O)C(C)C. The molecular weight excluding hydrogens is 142 g/mol. The number of nitrogens with one attached hydrogen (secondary N) is 1. The normalized spacial score (nSPS) is 12.8. The van der Waals surface area contributed by atoms with Gasteiger partial charge in [-0.3, -0.25) is 9.59 Å². The molecule has 0 radical (unpaired) electrons. The van der Waals surface area contributed by atoms with Gasteiger partial charge in [0, 0.05) is 12.8 Å². The molecule has 1 atom stereocenters. The van der Waals surface area contributed by atoms with Crippen LogP contribution < -0.4 is 5.32 Å². The van der Waals surface area contributed by atoms with Crippen LogP contribution in [-0.2, 0) is 9.59 Å². The largest absolute Gasteiger partial charge is 0.347 e. The van der Waals surface area contributed by atoms with Crippen LogP contribution in [0.5, 0.6) is 0 Å². The Kier molecular flexibility index (Phi) is 3.79. The van der Waals surface area contributed by atoms with Crippen molar-refractivity contribution in [2.24, 2.45) is 5.92 Å². The van der Waals surface area contributed by atoms with Gasteiger partial charge in [-0.1, -0.05) is 13.8 Å². The second kappa shape index (κ2) is 4.11. The van der Waals surface area contributed by atoms with Crippen molar-refractivity contribution in [1.29, 1.82) is 0 Å². The maximum absolute atomic E-state index is 11.2. The summed E-state index contributed by atoms with van der Waals surface area (Å²) in [5.74, 6) is -0.108. The van der Waals surface area contributed by atoms with E-state index in [1.54, 1.807) is 6.92 Å². The van der Waals surface area contributed by atoms with E-state index in [2.05, 4.69) is 5.32 Å². The van der Waals surface area contributed by atoms with Crippen LogP contribution in [0.1, 0.15) is 27.7 Å². The number of amides is 1. The second-order valence-corrected chi connectivity index (χ2v) is 2.98. The average Bonchev–Trinajstić information content (AvgIpc) is 1.84. The van der Waals surface area contributed by atoms with Gasteiger partial charge in [-0.25, -0.2) is 0 Å². The molecule has 3 heteroatoms. The quantitative estimate of drug-likeness (QED) is 0.656. The van der Waals surface area contributed by atoms with Crippen molar-refractivity contribution in [3.05, 3.63) is 0 Å². The zero-order valence-electron chi connectivity index (χ0n) is 7.47. The van der Waals surface area contributed by atoms with Crippen molar-refractivity contribution in [3.63, 3.8) is 0 Å². The van der Waals surface area contributed by atoms with E-state index in [0.29, 0.717) is 0 Å². The van der Waals surface area contributed by atoms with Crippen LogP contribution in [0.4, 0.5) is 0 Å². The van der Waals surface area contributed by atoms with Gasteiger partial charge in [-0.05, 0) is 6.92 Å². The van der Waals surface area contributed by atoms with Gasteiger partial charge in [-0.15, -0.1) is 0 Å². The third kappa shape index (κ3) is 3.75. The lowest BCUT2D eigenvalue weighted by molar-refractivity contribution is -0.128. The first-order valence-electron chi connectivity index (χ1n) is 3.76. The Balaban J connectivity index is 3.93. The third-order valence-electron chi connectivity index (χ3n) is 1.42. The molecule has 0 fully saturated rings. The van der Waals surface area contributed by atoms with Crippen LogP contribution in [0.15, 0.2) is 0 Å². The summed E-state index contributed by atoms with van der Waals surface area (Å²) in [7, 11) is 0. The minimum atomic E-state index is -0.354. The van der Waals surface area contributed by atoms with Gasteiger partial charge in [0.05, 0.1) is 6.04 Å². The number of carbonyl (C=O) groups is 2. The van der Waals surface area contributed by atoms with Crippen molar-refractivity contribution in [2.45, 2.75) is 33.7 Å². The molecule has 11 heavy (non-hydrogen) atoms. The highest BCUT2D eigenvalue weighted by Crippen LogP contribution is 1.98. The molecule has 0 spiro atoms. The van der Waals surface area contributed by atoms with E-state index in [1.807, 2.05) is 13.8 Å². The average molecular weight is 157 g/mol. The monoisotopic (exact) mass is 157 g/mol. The summed E-state index contributed by atoms with van der Waals surface area (Å²) in [6.45, 7) is 6.75. The van der Waals surface area contributed by atoms with Gasteiger partial charge in [0.1, 0.15) is 0 Å². The van der Waals surface area contributed by atoms with E-state index in [4.69, 9.17) is 0 Å². The summed E-state index contributed by atoms with van der Waals surface area (Å²) >= 11 is 0. The lowest BCUT2D eigenvalue weighted by Crippen LogP contribution is -2.39. The predicted octanol–water partition coefficient (Wildman–Crippen LogP) is 0.736. The first kappa shape index (κ1) is 10.1. The van der Waals surface area contributed by atoms with Gasteiger partial charge in [0.25, 0.3) is 0 Å². The van der Waals surface area contributed by atoms with Gasteiger partial charge >= 0.3 is 0 Å². The lowest BCUT2D eigenvalue weighted by Gasteiger charge is -2.12. The van der Waals surface area contributed by atoms with Gasteiger partial charge < -0.3 is 5.32 Å². The van der Waals surface area contributed by atoms with E-state index in [-0.39, 0.29) is 23.7 Å². The molecule has 0 saturated carbocycles. The van der Waals surface area contributed by atoms with E-state index < -0.39 is 0 Å². The van der Waals surface area contributed by atoms with Crippen LogP contribution in [0, 0.1) is 5.92 Å². The Morgan fingerprint density at radius 2 is 1.64 bits per heavy atom. The van der Waals surface area contributed by atoms with E-state index in [0.717, 1.165) is 0 Å². The maximum atomic E-state index is 11.2. The summed E-state index contributed by atoms with van der Waals surface area (Å²) in [5, 5.41) is 2.54. The molecule has 0 rings (SSSR count). The minimum absolute atomic E-state index is 0.0168. The molecule has 0 bridgehead atoms. The number of hydrogen-bond acceptors (Lipinski definition) is 2. The van der Waals surface area contributed by atoms with E-state index in [9.17, 15) is 9.59 Å². The summed E-state index contributed by atoms with van der Waals surface area (Å²) in [4.78, 5) is 21.7. The molecule has 0 aromatic rings. The number of rotatable bonds is 3. The highest BCUT2D eigenvalue weighted by atomic mass is 16.2. The topological polar surface area (TPSA) is 46.2 Å². The molecule has 0 aliphatic heterocycles. The summed E-state index contributed by atoms with van der Waals surface area (Å²) < 4.78 is 0. The molecule has 0 aliphatic rings. The number of hydrogen-bond donors (Lipinski definition) is 1. The minimum Gasteiger partial charge on any atom is -0.347 e. The van der Waals surface area contributed by atoms with Crippen molar-refractivity contribution in [1.82, 2.24) is 5.32 Å². The maximum Gasteiger partial charge on any atom is 0.217 e. The standard InChI is InChI=1S/C8H15NO2/c1-5(2)8(11)6(3)9-7(4)10/h5-6H,1-4H3,(H,9,10)/t6-/m1/s1. The molecule has 1 amide bonds. The Labute approximate surface area is 67.2 Å². The zero-order valence-corrected chi connectivity index (χ0v) is 7.47. The Morgan fingerprint density at radius 1 is 1.18 bits per heavy atom. The fourth-order valence-corrected chi connectivity index (χ4v) is 0.876. The van der Waals surface area contributed by atoms with Crippen molar-refractivity contribution in [2.75, 3.05) is 0 Å². The fraction of sp³-hybridized carbons (Fsp3) is 0.750. The van der Waals surface area contributed by atoms with Crippen molar-refractivity contribution < 1.29 is 9.59 Å². The smallest absolute Gasteiger partial charge is 0.217 e. The Bertz CT molecular complexity index is 163. The molecule has 64 valence electrons. The van der Waals surface area contributed by atoms with Crippen LogP contribution in [0.3, 0.4) is 0 Å². The highest BCUT2D eigenvalue weighted by Gasteiger charge is 2.16. The molecular formula is C8H15NO2. The molecule has 0 aliphatic carbocycles. The van der Waals surface area contributed by atoms with Crippen LogP contribution in [-0.4, -0.2) is 17.7 Å². The summed E-state index contributed by atoms with van der Waals surface area (Å²) in [5.41, 5.74) is 0. The fourth-order valence-electron chi connectivity index (χ4n) is 0.876. The van der Waals surface area contributed by atoms with Crippen LogP contribution in [0.25, 0.3) is 0 Å². The summed E-state index contributed by atoms with van der Waals surface area (Å²) in [6, 6.07) is -0.354. The second-order valence-electron chi connectivity index (χ2n) is 2.98. The molecule has 1 N–H and O–H groups in total. The van der Waals surface area contributed by atoms with Crippen molar-refractivity contribution >= 4 is 11.7 Å².